The molecule has 1 aromatic rings. The maximum Gasteiger partial charge on any atom is 0.351 e. The molecule has 5 heteroatoms. The number of rotatable bonds is 4. The minimum atomic E-state index is -0.305. The third-order valence-electron chi connectivity index (χ3n) is 1.57. The zero-order valence-corrected chi connectivity index (χ0v) is 8.56. The molecule has 0 unspecified atom stereocenters. The van der Waals surface area contributed by atoms with Crippen molar-refractivity contribution in [1.82, 2.24) is 9.59 Å². The Labute approximate surface area is 81.1 Å². The van der Waals surface area contributed by atoms with E-state index in [0.717, 1.165) is 24.4 Å². The third kappa shape index (κ3) is 2.77. The van der Waals surface area contributed by atoms with Crippen molar-refractivity contribution in [3.63, 3.8) is 0 Å². The lowest BCUT2D eigenvalue weighted by Gasteiger charge is -2.00. The van der Waals surface area contributed by atoms with E-state index < -0.39 is 0 Å². The van der Waals surface area contributed by atoms with Gasteiger partial charge in [0, 0.05) is 0 Å². The lowest BCUT2D eigenvalue weighted by atomic mass is 10.3. The van der Waals surface area contributed by atoms with Gasteiger partial charge in [-0.15, -0.1) is 5.10 Å². The summed E-state index contributed by atoms with van der Waals surface area (Å²) in [5, 5.41) is 3.73. The van der Waals surface area contributed by atoms with Crippen molar-refractivity contribution in [2.24, 2.45) is 0 Å². The number of aromatic nitrogens is 2. The van der Waals surface area contributed by atoms with Crippen LogP contribution in [0.25, 0.3) is 0 Å². The van der Waals surface area contributed by atoms with Crippen LogP contribution in [0.5, 0.6) is 0 Å². The molecule has 0 fully saturated rings. The van der Waals surface area contributed by atoms with Gasteiger partial charge in [0.05, 0.1) is 12.3 Å². The maximum atomic E-state index is 11.3. The van der Waals surface area contributed by atoms with Crippen LogP contribution in [-0.2, 0) is 4.74 Å². The van der Waals surface area contributed by atoms with E-state index in [1.807, 2.05) is 6.92 Å². The van der Waals surface area contributed by atoms with Gasteiger partial charge in [-0.1, -0.05) is 17.8 Å². The number of hydrogen-bond donors (Lipinski definition) is 0. The summed E-state index contributed by atoms with van der Waals surface area (Å²) in [5.74, 6) is -0.305. The molecule has 0 atom stereocenters. The minimum Gasteiger partial charge on any atom is -0.461 e. The second-order valence-electron chi connectivity index (χ2n) is 2.68. The Kier molecular flexibility index (Phi) is 3.82. The molecule has 0 aliphatic rings. The molecule has 1 rings (SSSR count). The lowest BCUT2D eigenvalue weighted by molar-refractivity contribution is 0.0504. The van der Waals surface area contributed by atoms with Crippen molar-refractivity contribution in [1.29, 1.82) is 0 Å². The van der Waals surface area contributed by atoms with Crippen LogP contribution in [0.15, 0.2) is 0 Å². The first-order valence-corrected chi connectivity index (χ1v) is 4.99. The van der Waals surface area contributed by atoms with Gasteiger partial charge in [0.2, 0.25) is 0 Å². The van der Waals surface area contributed by atoms with E-state index in [0.29, 0.717) is 17.2 Å². The number of carbonyl (C=O) groups is 1. The van der Waals surface area contributed by atoms with Gasteiger partial charge < -0.3 is 4.74 Å². The van der Waals surface area contributed by atoms with Crippen molar-refractivity contribution < 1.29 is 9.53 Å². The largest absolute Gasteiger partial charge is 0.461 e. The third-order valence-corrected chi connectivity index (χ3v) is 2.38. The average Bonchev–Trinajstić information content (AvgIpc) is 2.52. The van der Waals surface area contributed by atoms with Gasteiger partial charge in [-0.25, -0.2) is 4.79 Å². The van der Waals surface area contributed by atoms with Gasteiger partial charge in [0.25, 0.3) is 0 Å². The number of ether oxygens (including phenoxy) is 1. The fourth-order valence-electron chi connectivity index (χ4n) is 0.794. The van der Waals surface area contributed by atoms with Gasteiger partial charge in [-0.05, 0) is 24.9 Å². The summed E-state index contributed by atoms with van der Waals surface area (Å²) in [7, 11) is 0. The van der Waals surface area contributed by atoms with Gasteiger partial charge in [0.15, 0.2) is 4.88 Å². The molecule has 0 amide bonds. The highest BCUT2D eigenvalue weighted by Crippen LogP contribution is 2.10. The molecule has 0 saturated heterocycles. The van der Waals surface area contributed by atoms with Crippen LogP contribution < -0.4 is 0 Å². The van der Waals surface area contributed by atoms with Crippen LogP contribution in [0.3, 0.4) is 0 Å². The summed E-state index contributed by atoms with van der Waals surface area (Å²) in [5.41, 5.74) is 0.645. The van der Waals surface area contributed by atoms with Crippen molar-refractivity contribution >= 4 is 17.5 Å². The fourth-order valence-corrected chi connectivity index (χ4v) is 1.35. The number of aryl methyl sites for hydroxylation is 1. The van der Waals surface area contributed by atoms with E-state index in [9.17, 15) is 4.79 Å². The molecule has 0 N–H and O–H groups in total. The molecule has 72 valence electrons. The summed E-state index contributed by atoms with van der Waals surface area (Å²) in [6.07, 6.45) is 1.92. The van der Waals surface area contributed by atoms with E-state index >= 15 is 0 Å². The Hall–Kier alpha value is -0.970. The summed E-state index contributed by atoms with van der Waals surface area (Å²) in [6, 6.07) is 0. The first-order chi connectivity index (χ1) is 6.25. The molecule has 4 nitrogen and oxygen atoms in total. The van der Waals surface area contributed by atoms with Crippen molar-refractivity contribution in [2.75, 3.05) is 6.61 Å². The zero-order valence-electron chi connectivity index (χ0n) is 7.74. The van der Waals surface area contributed by atoms with Gasteiger partial charge in [-0.3, -0.25) is 0 Å². The molecule has 0 saturated carbocycles. The highest BCUT2D eigenvalue weighted by molar-refractivity contribution is 7.07. The molecule has 0 bridgehead atoms. The second-order valence-corrected chi connectivity index (χ2v) is 3.43. The molecule has 0 aromatic carbocycles. The molecule has 13 heavy (non-hydrogen) atoms. The van der Waals surface area contributed by atoms with Crippen LogP contribution in [0, 0.1) is 6.92 Å². The van der Waals surface area contributed by atoms with Gasteiger partial charge in [-0.2, -0.15) is 0 Å². The zero-order chi connectivity index (χ0) is 9.68. The predicted octanol–water partition coefficient (Wildman–Crippen LogP) is 1.80. The summed E-state index contributed by atoms with van der Waals surface area (Å²) >= 11 is 1.08. The van der Waals surface area contributed by atoms with Crippen LogP contribution >= 0.6 is 11.5 Å². The SMILES string of the molecule is CCCCOC(=O)c1snnc1C. The lowest BCUT2D eigenvalue weighted by Crippen LogP contribution is -2.05. The Morgan fingerprint density at radius 3 is 2.92 bits per heavy atom. The van der Waals surface area contributed by atoms with Crippen LogP contribution in [-0.4, -0.2) is 22.2 Å². The van der Waals surface area contributed by atoms with E-state index in [1.54, 1.807) is 6.92 Å². The Morgan fingerprint density at radius 1 is 1.62 bits per heavy atom. The van der Waals surface area contributed by atoms with Crippen LogP contribution in [0.1, 0.15) is 35.1 Å². The number of carbonyl (C=O) groups excluding carboxylic acids is 1. The number of unbranched alkanes of at least 4 members (excludes halogenated alkanes) is 1. The number of esters is 1. The normalized spacial score (nSPS) is 10.0. The minimum absolute atomic E-state index is 0.305. The summed E-state index contributed by atoms with van der Waals surface area (Å²) < 4.78 is 8.66. The molecular formula is C8H12N2O2S. The van der Waals surface area contributed by atoms with Gasteiger partial charge >= 0.3 is 5.97 Å². The van der Waals surface area contributed by atoms with Crippen LogP contribution in [0.2, 0.25) is 0 Å². The first-order valence-electron chi connectivity index (χ1n) is 4.21. The Balaban J connectivity index is 2.45. The number of nitrogens with zero attached hydrogens (tertiary/aromatic N) is 2. The average molecular weight is 200 g/mol. The van der Waals surface area contributed by atoms with E-state index in [4.69, 9.17) is 4.74 Å². The summed E-state index contributed by atoms with van der Waals surface area (Å²) in [4.78, 5) is 11.8. The monoisotopic (exact) mass is 200 g/mol. The smallest absolute Gasteiger partial charge is 0.351 e. The highest BCUT2D eigenvalue weighted by Gasteiger charge is 2.13. The molecule has 0 aliphatic carbocycles. The van der Waals surface area contributed by atoms with Crippen molar-refractivity contribution in [2.45, 2.75) is 26.7 Å². The maximum absolute atomic E-state index is 11.3. The summed E-state index contributed by atoms with van der Waals surface area (Å²) in [6.45, 7) is 4.28. The highest BCUT2D eigenvalue weighted by atomic mass is 32.1. The molecule has 1 heterocycles. The first kappa shape index (κ1) is 10.1. The quantitative estimate of drug-likeness (QED) is 0.549. The Bertz CT molecular complexity index is 285. The topological polar surface area (TPSA) is 52.1 Å². The molecular weight excluding hydrogens is 188 g/mol. The van der Waals surface area contributed by atoms with E-state index in [-0.39, 0.29) is 5.97 Å². The fraction of sp³-hybridized carbons (Fsp3) is 0.625. The molecule has 0 aliphatic heterocycles. The predicted molar refractivity (Wildman–Crippen MR) is 49.8 cm³/mol. The van der Waals surface area contributed by atoms with Gasteiger partial charge in [0.1, 0.15) is 0 Å². The van der Waals surface area contributed by atoms with Crippen molar-refractivity contribution in [3.8, 4) is 0 Å². The van der Waals surface area contributed by atoms with E-state index in [1.165, 1.54) is 0 Å². The standard InChI is InChI=1S/C8H12N2O2S/c1-3-4-5-12-8(11)7-6(2)9-10-13-7/h3-5H2,1-2H3. The molecule has 0 spiro atoms. The van der Waals surface area contributed by atoms with E-state index in [2.05, 4.69) is 9.59 Å². The number of hydrogen-bond acceptors (Lipinski definition) is 5. The Morgan fingerprint density at radius 2 is 2.38 bits per heavy atom. The van der Waals surface area contributed by atoms with Crippen LogP contribution in [0.4, 0.5) is 0 Å². The second kappa shape index (κ2) is 4.91. The molecule has 1 aromatic heterocycles. The molecule has 0 radical (unpaired) electrons. The van der Waals surface area contributed by atoms with Crippen molar-refractivity contribution in [3.05, 3.63) is 10.6 Å².